The van der Waals surface area contributed by atoms with Crippen molar-refractivity contribution >= 4 is 29.0 Å². The molecule has 2 aliphatic rings. The van der Waals surface area contributed by atoms with Crippen LogP contribution >= 0.6 is 23.2 Å². The number of nitrogens with zero attached hydrogens (tertiary/aromatic N) is 3. The molecule has 128 valence electrons. The van der Waals surface area contributed by atoms with Crippen LogP contribution in [0.5, 0.6) is 0 Å². The molecule has 3 heterocycles. The Morgan fingerprint density at radius 3 is 2.71 bits per heavy atom. The van der Waals surface area contributed by atoms with Gasteiger partial charge in [0.05, 0.1) is 21.4 Å². The lowest BCUT2D eigenvalue weighted by Gasteiger charge is -2.30. The summed E-state index contributed by atoms with van der Waals surface area (Å²) in [6, 6.07) is 5.70. The van der Waals surface area contributed by atoms with Crippen LogP contribution in [0.15, 0.2) is 18.2 Å². The molecule has 0 saturated carbocycles. The predicted octanol–water partition coefficient (Wildman–Crippen LogP) is 4.35. The Hall–Kier alpha value is -1.23. The number of benzene rings is 1. The molecule has 0 radical (unpaired) electrons. The van der Waals surface area contributed by atoms with Crippen molar-refractivity contribution in [2.24, 2.45) is 0 Å². The van der Waals surface area contributed by atoms with Crippen LogP contribution in [-0.2, 0) is 6.42 Å². The van der Waals surface area contributed by atoms with E-state index in [1.165, 1.54) is 37.2 Å². The number of piperidine rings is 1. The van der Waals surface area contributed by atoms with E-state index in [1.54, 1.807) is 0 Å². The van der Waals surface area contributed by atoms with Crippen LogP contribution < -0.4 is 5.32 Å². The van der Waals surface area contributed by atoms with E-state index in [-0.39, 0.29) is 0 Å². The highest BCUT2D eigenvalue weighted by molar-refractivity contribution is 6.42. The molecule has 0 atom stereocenters. The van der Waals surface area contributed by atoms with Crippen LogP contribution in [0, 0.1) is 0 Å². The van der Waals surface area contributed by atoms with Gasteiger partial charge in [-0.05, 0) is 57.1 Å². The molecule has 1 N–H and O–H groups in total. The van der Waals surface area contributed by atoms with Gasteiger partial charge in [-0.2, -0.15) is 5.10 Å². The summed E-state index contributed by atoms with van der Waals surface area (Å²) in [5.74, 6) is 1.69. The van der Waals surface area contributed by atoms with E-state index in [0.717, 1.165) is 31.0 Å². The third-order valence-electron chi connectivity index (χ3n) is 5.25. The molecular formula is C18H22Cl2N4. The highest BCUT2D eigenvalue weighted by Gasteiger charge is 2.30. The maximum atomic E-state index is 6.20. The van der Waals surface area contributed by atoms with Crippen molar-refractivity contribution in [3.8, 4) is 5.69 Å². The van der Waals surface area contributed by atoms with Gasteiger partial charge in [0.25, 0.3) is 0 Å². The Morgan fingerprint density at radius 1 is 1.21 bits per heavy atom. The van der Waals surface area contributed by atoms with E-state index in [1.807, 2.05) is 22.9 Å². The SMILES string of the molecule is CCN1CCC(c2nn(-c3ccc(Cl)c(Cl)c3)c3c2CCN3)CC1. The van der Waals surface area contributed by atoms with E-state index < -0.39 is 0 Å². The van der Waals surface area contributed by atoms with Crippen molar-refractivity contribution < 1.29 is 0 Å². The lowest BCUT2D eigenvalue weighted by Crippen LogP contribution is -2.33. The lowest BCUT2D eigenvalue weighted by atomic mass is 9.91. The molecule has 0 spiro atoms. The minimum Gasteiger partial charge on any atom is -0.369 e. The molecule has 0 unspecified atom stereocenters. The number of aromatic nitrogens is 2. The average Bonchev–Trinajstić information content (AvgIpc) is 3.20. The first kappa shape index (κ1) is 16.2. The van der Waals surface area contributed by atoms with Gasteiger partial charge in [0.15, 0.2) is 0 Å². The number of anilines is 1. The summed E-state index contributed by atoms with van der Waals surface area (Å²) in [5.41, 5.74) is 3.63. The molecule has 1 saturated heterocycles. The second-order valence-corrected chi connectivity index (χ2v) is 7.42. The second kappa shape index (κ2) is 6.58. The maximum Gasteiger partial charge on any atom is 0.133 e. The number of halogens is 2. The summed E-state index contributed by atoms with van der Waals surface area (Å²) >= 11 is 12.3. The zero-order valence-electron chi connectivity index (χ0n) is 13.9. The molecule has 0 aliphatic carbocycles. The van der Waals surface area contributed by atoms with Crippen LogP contribution in [0.4, 0.5) is 5.82 Å². The quantitative estimate of drug-likeness (QED) is 0.878. The summed E-state index contributed by atoms with van der Waals surface area (Å²) in [6.45, 7) is 6.70. The van der Waals surface area contributed by atoms with E-state index in [4.69, 9.17) is 28.3 Å². The Bertz CT molecular complexity index is 748. The zero-order chi connectivity index (χ0) is 16.7. The van der Waals surface area contributed by atoms with Crippen LogP contribution in [0.3, 0.4) is 0 Å². The van der Waals surface area contributed by atoms with E-state index >= 15 is 0 Å². The Kier molecular flexibility index (Phi) is 4.46. The van der Waals surface area contributed by atoms with Crippen molar-refractivity contribution in [3.63, 3.8) is 0 Å². The minimum absolute atomic E-state index is 0.561. The summed E-state index contributed by atoms with van der Waals surface area (Å²) < 4.78 is 2.01. The fourth-order valence-corrected chi connectivity index (χ4v) is 4.15. The topological polar surface area (TPSA) is 33.1 Å². The molecule has 1 fully saturated rings. The van der Waals surface area contributed by atoms with Gasteiger partial charge >= 0.3 is 0 Å². The third kappa shape index (κ3) is 2.81. The van der Waals surface area contributed by atoms with Gasteiger partial charge < -0.3 is 10.2 Å². The van der Waals surface area contributed by atoms with Gasteiger partial charge in [0.1, 0.15) is 5.82 Å². The van der Waals surface area contributed by atoms with Gasteiger partial charge in [-0.3, -0.25) is 0 Å². The average molecular weight is 365 g/mol. The number of rotatable bonds is 3. The smallest absolute Gasteiger partial charge is 0.133 e. The van der Waals surface area contributed by atoms with Crippen molar-refractivity contribution in [1.82, 2.24) is 14.7 Å². The monoisotopic (exact) mass is 364 g/mol. The minimum atomic E-state index is 0.561. The molecule has 1 aromatic carbocycles. The van der Waals surface area contributed by atoms with Crippen LogP contribution in [0.1, 0.15) is 36.9 Å². The molecule has 1 aromatic heterocycles. The van der Waals surface area contributed by atoms with Gasteiger partial charge in [0.2, 0.25) is 0 Å². The highest BCUT2D eigenvalue weighted by atomic mass is 35.5. The Morgan fingerprint density at radius 2 is 2.00 bits per heavy atom. The van der Waals surface area contributed by atoms with Crippen molar-refractivity contribution in [2.45, 2.75) is 32.1 Å². The summed E-state index contributed by atoms with van der Waals surface area (Å²) in [4.78, 5) is 2.52. The molecule has 2 aromatic rings. The molecule has 4 nitrogen and oxygen atoms in total. The summed E-state index contributed by atoms with van der Waals surface area (Å²) in [6.07, 6.45) is 3.44. The van der Waals surface area contributed by atoms with Crippen molar-refractivity contribution in [3.05, 3.63) is 39.5 Å². The molecule has 0 amide bonds. The zero-order valence-corrected chi connectivity index (χ0v) is 15.4. The lowest BCUT2D eigenvalue weighted by molar-refractivity contribution is 0.220. The third-order valence-corrected chi connectivity index (χ3v) is 5.99. The fraction of sp³-hybridized carbons (Fsp3) is 0.500. The molecule has 24 heavy (non-hydrogen) atoms. The van der Waals surface area contributed by atoms with E-state index in [9.17, 15) is 0 Å². The summed E-state index contributed by atoms with van der Waals surface area (Å²) in [7, 11) is 0. The molecular weight excluding hydrogens is 343 g/mol. The molecule has 0 bridgehead atoms. The number of hydrogen-bond acceptors (Lipinski definition) is 3. The van der Waals surface area contributed by atoms with Crippen LogP contribution in [0.2, 0.25) is 10.0 Å². The van der Waals surface area contributed by atoms with Crippen molar-refractivity contribution in [2.75, 3.05) is 31.5 Å². The van der Waals surface area contributed by atoms with Gasteiger partial charge in [-0.1, -0.05) is 30.1 Å². The second-order valence-electron chi connectivity index (χ2n) is 6.61. The van der Waals surface area contributed by atoms with Crippen LogP contribution in [0.25, 0.3) is 5.69 Å². The number of fused-ring (bicyclic) bond motifs is 1. The Balaban J connectivity index is 1.69. The predicted molar refractivity (Wildman–Crippen MR) is 99.9 cm³/mol. The van der Waals surface area contributed by atoms with Crippen LogP contribution in [-0.4, -0.2) is 40.9 Å². The number of hydrogen-bond donors (Lipinski definition) is 1. The molecule has 4 rings (SSSR count). The van der Waals surface area contributed by atoms with E-state index in [0.29, 0.717) is 16.0 Å². The first-order valence-corrected chi connectivity index (χ1v) is 9.46. The van der Waals surface area contributed by atoms with Gasteiger partial charge in [-0.25, -0.2) is 4.68 Å². The molecule has 6 heteroatoms. The summed E-state index contributed by atoms with van der Waals surface area (Å²) in [5, 5.41) is 9.61. The highest BCUT2D eigenvalue weighted by Crippen LogP contribution is 2.37. The first-order valence-electron chi connectivity index (χ1n) is 8.70. The standard InChI is InChI=1S/C18H22Cl2N4/c1-2-23-9-6-12(7-10-23)17-14-5-8-21-18(14)24(22-17)13-3-4-15(19)16(20)11-13/h3-4,11-12,21H,2,5-10H2,1H3. The maximum absolute atomic E-state index is 6.20. The molecule has 2 aliphatic heterocycles. The fourth-order valence-electron chi connectivity index (χ4n) is 3.86. The number of likely N-dealkylation sites (tertiary alicyclic amines) is 1. The largest absolute Gasteiger partial charge is 0.369 e. The van der Waals surface area contributed by atoms with Gasteiger partial charge in [0, 0.05) is 18.0 Å². The Labute approximate surface area is 152 Å². The normalized spacial score (nSPS) is 18.6. The van der Waals surface area contributed by atoms with E-state index in [2.05, 4.69) is 17.1 Å². The first-order chi connectivity index (χ1) is 11.7. The van der Waals surface area contributed by atoms with Crippen molar-refractivity contribution in [1.29, 1.82) is 0 Å². The van der Waals surface area contributed by atoms with Gasteiger partial charge in [-0.15, -0.1) is 0 Å². The number of nitrogens with one attached hydrogen (secondary N) is 1.